The molecule has 0 bridgehead atoms. The third-order valence-corrected chi connectivity index (χ3v) is 8.65. The van der Waals surface area contributed by atoms with Gasteiger partial charge in [0.2, 0.25) is 5.89 Å². The van der Waals surface area contributed by atoms with Gasteiger partial charge in [0, 0.05) is 5.56 Å². The molecule has 1 aromatic heterocycles. The van der Waals surface area contributed by atoms with Crippen molar-refractivity contribution in [2.24, 2.45) is 0 Å². The lowest BCUT2D eigenvalue weighted by atomic mass is 9.84. The van der Waals surface area contributed by atoms with E-state index in [4.69, 9.17) is 9.40 Å². The van der Waals surface area contributed by atoms with Crippen LogP contribution >= 0.6 is 0 Å². The van der Waals surface area contributed by atoms with Gasteiger partial charge in [-0.2, -0.15) is 0 Å². The lowest BCUT2D eigenvalue weighted by molar-refractivity contribution is 0.620. The summed E-state index contributed by atoms with van der Waals surface area (Å²) in [4.78, 5) is 4.95. The van der Waals surface area contributed by atoms with Crippen LogP contribution in [-0.2, 0) is 0 Å². The Morgan fingerprint density at radius 2 is 1.07 bits per heavy atom. The molecule has 2 heteroatoms. The number of fused-ring (bicyclic) bond motifs is 1. The van der Waals surface area contributed by atoms with E-state index in [2.05, 4.69) is 107 Å². The van der Waals surface area contributed by atoms with Crippen molar-refractivity contribution in [3.63, 3.8) is 0 Å². The molecule has 0 aliphatic heterocycles. The van der Waals surface area contributed by atoms with Crippen LogP contribution in [0, 0.1) is 27.7 Å². The maximum atomic E-state index is 6.39. The van der Waals surface area contributed by atoms with Crippen LogP contribution in [0.25, 0.3) is 77.1 Å². The number of rotatable bonds is 3. The molecule has 0 atom stereocenters. The fourth-order valence-corrected chi connectivity index (χ4v) is 6.75. The molecule has 0 unspecified atom stereocenters. The zero-order valence-corrected chi connectivity index (χ0v) is 23.7. The third-order valence-electron chi connectivity index (χ3n) is 8.65. The van der Waals surface area contributed by atoms with E-state index in [1.807, 2.05) is 24.3 Å². The first kappa shape index (κ1) is 23.9. The molecular weight excluding hydrogens is 498 g/mol. The summed E-state index contributed by atoms with van der Waals surface area (Å²) in [5, 5.41) is 7.49. The smallest absolute Gasteiger partial charge is 0.227 e. The van der Waals surface area contributed by atoms with Crippen molar-refractivity contribution in [3.05, 3.63) is 125 Å². The second kappa shape index (κ2) is 8.78. The van der Waals surface area contributed by atoms with Crippen molar-refractivity contribution in [1.29, 1.82) is 0 Å². The van der Waals surface area contributed by atoms with E-state index in [-0.39, 0.29) is 0 Å². The number of hydrogen-bond acceptors (Lipinski definition) is 2. The van der Waals surface area contributed by atoms with Gasteiger partial charge in [-0.3, -0.25) is 0 Å². The first-order valence-corrected chi connectivity index (χ1v) is 14.2. The van der Waals surface area contributed by atoms with Gasteiger partial charge in [-0.15, -0.1) is 0 Å². The molecule has 41 heavy (non-hydrogen) atoms. The summed E-state index contributed by atoms with van der Waals surface area (Å²) in [6.07, 6.45) is 0. The molecule has 2 nitrogen and oxygen atoms in total. The number of aromatic nitrogens is 1. The molecule has 8 rings (SSSR count). The Morgan fingerprint density at radius 3 is 1.78 bits per heavy atom. The summed E-state index contributed by atoms with van der Waals surface area (Å²) in [6, 6.07) is 37.5. The van der Waals surface area contributed by atoms with Crippen LogP contribution in [0.2, 0.25) is 0 Å². The molecule has 0 saturated heterocycles. The standard InChI is InChI=1S/C39H29NO/c1-22-9-13-27(24(3)19-22)29-15-11-26-12-16-31-33(28-14-10-23(2)20-25(28)4)21-34(32-18-17-30(29)37(26)38(31)32)39-40-35-7-5-6-8-36(35)41-39/h5-21H,1-4H3. The Kier molecular flexibility index (Phi) is 5.11. The normalized spacial score (nSPS) is 11.9. The van der Waals surface area contributed by atoms with E-state index in [0.29, 0.717) is 5.89 Å². The van der Waals surface area contributed by atoms with E-state index < -0.39 is 0 Å². The molecule has 0 aliphatic carbocycles. The van der Waals surface area contributed by atoms with Crippen LogP contribution < -0.4 is 0 Å². The predicted molar refractivity (Wildman–Crippen MR) is 173 cm³/mol. The molecule has 7 aromatic carbocycles. The number of aryl methyl sites for hydroxylation is 4. The summed E-state index contributed by atoms with van der Waals surface area (Å²) in [5.41, 5.74) is 12.8. The van der Waals surface area contributed by atoms with Gasteiger partial charge in [-0.25, -0.2) is 4.98 Å². The van der Waals surface area contributed by atoms with Gasteiger partial charge in [-0.1, -0.05) is 96.1 Å². The predicted octanol–water partition coefficient (Wildman–Crippen LogP) is 11.0. The molecule has 0 N–H and O–H groups in total. The van der Waals surface area contributed by atoms with Crippen LogP contribution in [0.3, 0.4) is 0 Å². The summed E-state index contributed by atoms with van der Waals surface area (Å²) in [6.45, 7) is 8.73. The third kappa shape index (κ3) is 3.61. The van der Waals surface area contributed by atoms with Crippen LogP contribution in [-0.4, -0.2) is 4.98 Å². The quantitative estimate of drug-likeness (QED) is 0.214. The fraction of sp³-hybridized carbons (Fsp3) is 0.103. The topological polar surface area (TPSA) is 26.0 Å². The van der Waals surface area contributed by atoms with Crippen molar-refractivity contribution >= 4 is 43.4 Å². The maximum Gasteiger partial charge on any atom is 0.227 e. The maximum absolute atomic E-state index is 6.39. The van der Waals surface area contributed by atoms with Gasteiger partial charge in [0.25, 0.3) is 0 Å². The zero-order valence-electron chi connectivity index (χ0n) is 23.7. The minimum absolute atomic E-state index is 0.657. The molecule has 0 spiro atoms. The van der Waals surface area contributed by atoms with Crippen LogP contribution in [0.4, 0.5) is 0 Å². The van der Waals surface area contributed by atoms with E-state index in [1.165, 1.54) is 71.4 Å². The number of hydrogen-bond donors (Lipinski definition) is 0. The monoisotopic (exact) mass is 527 g/mol. The highest BCUT2D eigenvalue weighted by atomic mass is 16.3. The highest BCUT2D eigenvalue weighted by molar-refractivity contribution is 6.29. The molecule has 0 saturated carbocycles. The molecule has 1 heterocycles. The Labute approximate surface area is 239 Å². The molecular formula is C39H29NO. The summed E-state index contributed by atoms with van der Waals surface area (Å²) < 4.78 is 6.39. The van der Waals surface area contributed by atoms with E-state index in [9.17, 15) is 0 Å². The van der Waals surface area contributed by atoms with Gasteiger partial charge in [0.15, 0.2) is 5.58 Å². The van der Waals surface area contributed by atoms with E-state index in [0.717, 1.165) is 22.0 Å². The Bertz CT molecular complexity index is 2270. The van der Waals surface area contributed by atoms with Crippen molar-refractivity contribution in [3.8, 4) is 33.7 Å². The molecule has 8 aromatic rings. The first-order chi connectivity index (χ1) is 20.0. The summed E-state index contributed by atoms with van der Waals surface area (Å²) >= 11 is 0. The SMILES string of the molecule is Cc1ccc(-c2ccc3ccc4c(-c5ccc(C)cc5C)cc(-c5nc6ccccc6o5)c5ccc2c3c54)c(C)c1. The highest BCUT2D eigenvalue weighted by Gasteiger charge is 2.21. The Balaban J connectivity index is 1.53. The van der Waals surface area contributed by atoms with Gasteiger partial charge >= 0.3 is 0 Å². The second-order valence-electron chi connectivity index (χ2n) is 11.5. The van der Waals surface area contributed by atoms with Crippen molar-refractivity contribution < 1.29 is 4.42 Å². The zero-order chi connectivity index (χ0) is 27.8. The van der Waals surface area contributed by atoms with E-state index >= 15 is 0 Å². The number of oxazole rings is 1. The Morgan fingerprint density at radius 1 is 0.488 bits per heavy atom. The molecule has 196 valence electrons. The van der Waals surface area contributed by atoms with Gasteiger partial charge in [0.1, 0.15) is 5.52 Å². The number of nitrogens with zero attached hydrogens (tertiary/aromatic N) is 1. The van der Waals surface area contributed by atoms with Crippen molar-refractivity contribution in [2.45, 2.75) is 27.7 Å². The van der Waals surface area contributed by atoms with Gasteiger partial charge in [0.05, 0.1) is 0 Å². The lowest BCUT2D eigenvalue weighted by Gasteiger charge is -2.19. The minimum atomic E-state index is 0.657. The lowest BCUT2D eigenvalue weighted by Crippen LogP contribution is -1.94. The second-order valence-corrected chi connectivity index (χ2v) is 11.5. The van der Waals surface area contributed by atoms with Crippen LogP contribution in [0.15, 0.2) is 108 Å². The summed E-state index contributed by atoms with van der Waals surface area (Å²) in [5.74, 6) is 0.657. The first-order valence-electron chi connectivity index (χ1n) is 14.2. The van der Waals surface area contributed by atoms with Crippen molar-refractivity contribution in [1.82, 2.24) is 4.98 Å². The molecule has 0 fully saturated rings. The van der Waals surface area contributed by atoms with E-state index in [1.54, 1.807) is 0 Å². The average molecular weight is 528 g/mol. The van der Waals surface area contributed by atoms with Crippen LogP contribution in [0.5, 0.6) is 0 Å². The molecule has 0 aliphatic rings. The minimum Gasteiger partial charge on any atom is -0.436 e. The van der Waals surface area contributed by atoms with Gasteiger partial charge in [-0.05, 0) is 112 Å². The molecule has 0 radical (unpaired) electrons. The molecule has 0 amide bonds. The Hall–Kier alpha value is -4.95. The highest BCUT2D eigenvalue weighted by Crippen LogP contribution is 2.46. The summed E-state index contributed by atoms with van der Waals surface area (Å²) in [7, 11) is 0. The van der Waals surface area contributed by atoms with Crippen molar-refractivity contribution in [2.75, 3.05) is 0 Å². The van der Waals surface area contributed by atoms with Gasteiger partial charge < -0.3 is 4.42 Å². The average Bonchev–Trinajstić information content (AvgIpc) is 3.40. The largest absolute Gasteiger partial charge is 0.436 e. The van der Waals surface area contributed by atoms with Crippen LogP contribution in [0.1, 0.15) is 22.3 Å². The fourth-order valence-electron chi connectivity index (χ4n) is 6.75. The number of benzene rings is 7. The number of para-hydroxylation sites is 2.